The van der Waals surface area contributed by atoms with E-state index in [0.29, 0.717) is 11.2 Å². The van der Waals surface area contributed by atoms with Gasteiger partial charge >= 0.3 is 0 Å². The zero-order valence-electron chi connectivity index (χ0n) is 12.4. The normalized spacial score (nSPS) is 14.4. The van der Waals surface area contributed by atoms with Crippen LogP contribution in [0.1, 0.15) is 49.5 Å². The lowest BCUT2D eigenvalue weighted by molar-refractivity contribution is 0.635. The molecule has 2 aromatic rings. The van der Waals surface area contributed by atoms with Gasteiger partial charge in [0.05, 0.1) is 5.25 Å². The molecule has 0 aliphatic heterocycles. The highest BCUT2D eigenvalue weighted by Gasteiger charge is 2.20. The summed E-state index contributed by atoms with van der Waals surface area (Å²) in [4.78, 5) is 1.30. The van der Waals surface area contributed by atoms with Crippen LogP contribution in [-0.2, 0) is 0 Å². The topological polar surface area (TPSA) is 26.0 Å². The zero-order chi connectivity index (χ0) is 14.5. The Kier molecular flexibility index (Phi) is 5.70. The highest BCUT2D eigenvalue weighted by Crippen LogP contribution is 2.39. The van der Waals surface area contributed by atoms with Gasteiger partial charge in [0, 0.05) is 10.9 Å². The Balaban J connectivity index is 2.15. The molecule has 0 bridgehead atoms. The molecule has 0 aliphatic rings. The Morgan fingerprint density at radius 1 is 1.10 bits per heavy atom. The van der Waals surface area contributed by atoms with E-state index in [1.165, 1.54) is 16.0 Å². The lowest BCUT2D eigenvalue weighted by Gasteiger charge is -2.22. The highest BCUT2D eigenvalue weighted by molar-refractivity contribution is 7.99. The summed E-state index contributed by atoms with van der Waals surface area (Å²) in [5.41, 5.74) is 9.06. The molecule has 0 radical (unpaired) electrons. The van der Waals surface area contributed by atoms with Crippen LogP contribution in [0.2, 0.25) is 0 Å². The summed E-state index contributed by atoms with van der Waals surface area (Å²) in [7, 11) is 0. The second-order valence-electron chi connectivity index (χ2n) is 5.39. The van der Waals surface area contributed by atoms with Gasteiger partial charge in [-0.25, -0.2) is 0 Å². The molecule has 1 aromatic heterocycles. The smallest absolute Gasteiger partial charge is 0.0503 e. The first-order valence-corrected chi connectivity index (χ1v) is 8.98. The second-order valence-corrected chi connectivity index (χ2v) is 7.39. The van der Waals surface area contributed by atoms with Gasteiger partial charge in [-0.3, -0.25) is 0 Å². The van der Waals surface area contributed by atoms with E-state index in [1.54, 1.807) is 11.3 Å². The predicted octanol–water partition coefficient (Wildman–Crippen LogP) is 5.44. The van der Waals surface area contributed by atoms with Gasteiger partial charge in [-0.2, -0.15) is 11.3 Å². The van der Waals surface area contributed by atoms with Gasteiger partial charge in [0.25, 0.3) is 0 Å². The lowest BCUT2D eigenvalue weighted by Crippen LogP contribution is -2.25. The Morgan fingerprint density at radius 2 is 1.80 bits per heavy atom. The molecule has 108 valence electrons. The van der Waals surface area contributed by atoms with Gasteiger partial charge in [0.1, 0.15) is 0 Å². The Hall–Kier alpha value is -0.770. The molecule has 0 aliphatic carbocycles. The summed E-state index contributed by atoms with van der Waals surface area (Å²) >= 11 is 3.63. The maximum Gasteiger partial charge on any atom is 0.0503 e. The van der Waals surface area contributed by atoms with Gasteiger partial charge in [-0.1, -0.05) is 32.9 Å². The minimum absolute atomic E-state index is 0.194. The van der Waals surface area contributed by atoms with Crippen LogP contribution in [0.5, 0.6) is 0 Å². The number of hydrogen-bond donors (Lipinski definition) is 1. The highest BCUT2D eigenvalue weighted by atomic mass is 32.2. The largest absolute Gasteiger partial charge is 0.326 e. The summed E-state index contributed by atoms with van der Waals surface area (Å²) in [5, 5.41) is 4.69. The molecule has 20 heavy (non-hydrogen) atoms. The predicted molar refractivity (Wildman–Crippen MR) is 91.7 cm³/mol. The molecule has 2 atom stereocenters. The molecule has 2 rings (SSSR count). The van der Waals surface area contributed by atoms with Crippen LogP contribution in [0.15, 0.2) is 46.0 Å². The van der Waals surface area contributed by atoms with E-state index in [2.05, 4.69) is 61.9 Å². The maximum absolute atomic E-state index is 6.32. The van der Waals surface area contributed by atoms with Gasteiger partial charge in [0.15, 0.2) is 0 Å². The Bertz CT molecular complexity index is 502. The van der Waals surface area contributed by atoms with Gasteiger partial charge in [0.2, 0.25) is 0 Å². The molecular formula is C17H23NS2. The molecule has 2 N–H and O–H groups in total. The number of rotatable bonds is 6. The van der Waals surface area contributed by atoms with Crippen LogP contribution >= 0.6 is 23.1 Å². The van der Waals surface area contributed by atoms with Crippen molar-refractivity contribution in [1.82, 2.24) is 0 Å². The third kappa shape index (κ3) is 3.87. The average molecular weight is 306 g/mol. The van der Waals surface area contributed by atoms with Crippen LogP contribution in [0.3, 0.4) is 0 Å². The van der Waals surface area contributed by atoms with Gasteiger partial charge < -0.3 is 5.73 Å². The second kappa shape index (κ2) is 7.30. The van der Waals surface area contributed by atoms with E-state index in [-0.39, 0.29) is 6.04 Å². The van der Waals surface area contributed by atoms with Crippen molar-refractivity contribution in [2.24, 2.45) is 5.73 Å². The first kappa shape index (κ1) is 15.6. The summed E-state index contributed by atoms with van der Waals surface area (Å²) in [6.07, 6.45) is 0.998. The molecule has 0 amide bonds. The van der Waals surface area contributed by atoms with Crippen molar-refractivity contribution in [2.75, 3.05) is 0 Å². The quantitative estimate of drug-likeness (QED) is 0.719. The average Bonchev–Trinajstić information content (AvgIpc) is 2.98. The van der Waals surface area contributed by atoms with Crippen LogP contribution in [0.4, 0.5) is 0 Å². The number of nitrogens with two attached hydrogens (primary N) is 1. The van der Waals surface area contributed by atoms with E-state index >= 15 is 0 Å². The standard InChI is InChI=1S/C17H23NS2/c1-4-16(18)17(14-9-10-19-11-14)20-15-7-5-13(6-8-15)12(2)3/h5-12,16-17H,4,18H2,1-3H3. The van der Waals surface area contributed by atoms with E-state index in [1.807, 2.05) is 11.8 Å². The molecule has 1 nitrogen and oxygen atoms in total. The van der Waals surface area contributed by atoms with E-state index in [0.717, 1.165) is 6.42 Å². The first-order chi connectivity index (χ1) is 9.61. The van der Waals surface area contributed by atoms with Crippen LogP contribution in [0.25, 0.3) is 0 Å². The van der Waals surface area contributed by atoms with E-state index < -0.39 is 0 Å². The Labute approximate surface area is 130 Å². The zero-order valence-corrected chi connectivity index (χ0v) is 14.0. The van der Waals surface area contributed by atoms with E-state index in [4.69, 9.17) is 5.73 Å². The molecule has 0 fully saturated rings. The summed E-state index contributed by atoms with van der Waals surface area (Å²) in [6.45, 7) is 6.61. The van der Waals surface area contributed by atoms with Gasteiger partial charge in [-0.05, 0) is 52.4 Å². The van der Waals surface area contributed by atoms with Crippen molar-refractivity contribution in [3.63, 3.8) is 0 Å². The maximum atomic E-state index is 6.32. The summed E-state index contributed by atoms with van der Waals surface area (Å²) in [6, 6.07) is 11.3. The molecule has 1 aromatic carbocycles. The van der Waals surface area contributed by atoms with Crippen molar-refractivity contribution in [3.8, 4) is 0 Å². The third-order valence-corrected chi connectivity index (χ3v) is 5.66. The van der Waals surface area contributed by atoms with Crippen molar-refractivity contribution in [2.45, 2.75) is 49.3 Å². The molecule has 1 heterocycles. The van der Waals surface area contributed by atoms with Crippen molar-refractivity contribution < 1.29 is 0 Å². The lowest BCUT2D eigenvalue weighted by atomic mass is 10.0. The SMILES string of the molecule is CCC(N)C(Sc1ccc(C(C)C)cc1)c1ccsc1. The molecule has 0 saturated heterocycles. The monoisotopic (exact) mass is 305 g/mol. The van der Waals surface area contributed by atoms with Crippen molar-refractivity contribution in [1.29, 1.82) is 0 Å². The third-order valence-electron chi connectivity index (χ3n) is 3.54. The minimum atomic E-state index is 0.194. The molecule has 3 heteroatoms. The number of benzene rings is 1. The Morgan fingerprint density at radius 3 is 2.30 bits per heavy atom. The molecule has 2 unspecified atom stereocenters. The summed E-state index contributed by atoms with van der Waals surface area (Å²) in [5.74, 6) is 0.583. The molecule has 0 spiro atoms. The number of thioether (sulfide) groups is 1. The molecular weight excluding hydrogens is 282 g/mol. The van der Waals surface area contributed by atoms with Gasteiger partial charge in [-0.15, -0.1) is 11.8 Å². The molecule has 0 saturated carbocycles. The fraction of sp³-hybridized carbons (Fsp3) is 0.412. The fourth-order valence-corrected chi connectivity index (χ4v) is 4.15. The summed E-state index contributed by atoms with van der Waals surface area (Å²) < 4.78 is 0. The number of thiophene rings is 1. The van der Waals surface area contributed by atoms with E-state index in [9.17, 15) is 0 Å². The van der Waals surface area contributed by atoms with Crippen molar-refractivity contribution in [3.05, 3.63) is 52.2 Å². The van der Waals surface area contributed by atoms with Crippen LogP contribution in [-0.4, -0.2) is 6.04 Å². The number of hydrogen-bond acceptors (Lipinski definition) is 3. The minimum Gasteiger partial charge on any atom is -0.326 e. The van der Waals surface area contributed by atoms with Crippen molar-refractivity contribution >= 4 is 23.1 Å². The van der Waals surface area contributed by atoms with Crippen LogP contribution < -0.4 is 5.73 Å². The van der Waals surface area contributed by atoms with Crippen LogP contribution in [0, 0.1) is 0 Å². The first-order valence-electron chi connectivity index (χ1n) is 7.16. The fourth-order valence-electron chi connectivity index (χ4n) is 2.13.